The van der Waals surface area contributed by atoms with Crippen LogP contribution in [-0.4, -0.2) is 32.9 Å². The quantitative estimate of drug-likeness (QED) is 0.660. The largest absolute Gasteiger partial charge is 0.496 e. The van der Waals surface area contributed by atoms with Gasteiger partial charge in [0.05, 0.1) is 13.7 Å². The van der Waals surface area contributed by atoms with Crippen LogP contribution in [0.5, 0.6) is 5.75 Å². The highest BCUT2D eigenvalue weighted by Crippen LogP contribution is 2.19. The van der Waals surface area contributed by atoms with Crippen LogP contribution in [0.4, 0.5) is 0 Å². The van der Waals surface area contributed by atoms with Crippen LogP contribution in [0.2, 0.25) is 0 Å². The first-order chi connectivity index (χ1) is 9.31. The van der Waals surface area contributed by atoms with Crippen molar-refractivity contribution in [3.05, 3.63) is 29.8 Å². The monoisotopic (exact) mass is 265 g/mol. The van der Waals surface area contributed by atoms with Crippen LogP contribution in [0.3, 0.4) is 0 Å². The summed E-state index contributed by atoms with van der Waals surface area (Å²) >= 11 is 0. The summed E-state index contributed by atoms with van der Waals surface area (Å²) in [7, 11) is 1.72. The number of para-hydroxylation sites is 1. The molecular formula is C16H27NO2. The molecule has 1 unspecified atom stereocenters. The third kappa shape index (κ3) is 6.08. The summed E-state index contributed by atoms with van der Waals surface area (Å²) in [6.07, 6.45) is 3.14. The molecule has 0 bridgehead atoms. The average Bonchev–Trinajstić information content (AvgIpc) is 2.45. The molecule has 0 heterocycles. The van der Waals surface area contributed by atoms with Gasteiger partial charge in [-0.15, -0.1) is 0 Å². The van der Waals surface area contributed by atoms with E-state index in [4.69, 9.17) is 9.47 Å². The van der Waals surface area contributed by atoms with Gasteiger partial charge in [0.25, 0.3) is 0 Å². The maximum Gasteiger partial charge on any atom is 0.122 e. The topological polar surface area (TPSA) is 30.5 Å². The van der Waals surface area contributed by atoms with E-state index in [0.717, 1.165) is 44.8 Å². The molecule has 0 fully saturated rings. The van der Waals surface area contributed by atoms with Crippen molar-refractivity contribution >= 4 is 0 Å². The fourth-order valence-electron chi connectivity index (χ4n) is 2.05. The number of benzene rings is 1. The smallest absolute Gasteiger partial charge is 0.122 e. The summed E-state index contributed by atoms with van der Waals surface area (Å²) in [5.74, 6) is 0.960. The van der Waals surface area contributed by atoms with Gasteiger partial charge in [0.2, 0.25) is 0 Å². The standard InChI is InChI=1S/C16H27NO2/c1-4-10-17-15(13-19-11-5-2)12-14-8-6-7-9-16(14)18-3/h6-9,15,17H,4-5,10-13H2,1-3H3. The Bertz CT molecular complexity index is 341. The maximum atomic E-state index is 5.68. The number of methoxy groups -OCH3 is 1. The van der Waals surface area contributed by atoms with Crippen LogP contribution in [0.15, 0.2) is 24.3 Å². The Morgan fingerprint density at radius 1 is 1.16 bits per heavy atom. The summed E-state index contributed by atoms with van der Waals surface area (Å²) in [4.78, 5) is 0. The zero-order valence-electron chi connectivity index (χ0n) is 12.4. The van der Waals surface area contributed by atoms with Gasteiger partial charge in [-0.05, 0) is 37.4 Å². The van der Waals surface area contributed by atoms with E-state index in [9.17, 15) is 0 Å². The van der Waals surface area contributed by atoms with Gasteiger partial charge in [0.1, 0.15) is 5.75 Å². The fourth-order valence-corrected chi connectivity index (χ4v) is 2.05. The number of hydrogen-bond acceptors (Lipinski definition) is 3. The van der Waals surface area contributed by atoms with Gasteiger partial charge in [-0.3, -0.25) is 0 Å². The van der Waals surface area contributed by atoms with Gasteiger partial charge in [-0.25, -0.2) is 0 Å². The minimum Gasteiger partial charge on any atom is -0.496 e. The van der Waals surface area contributed by atoms with E-state index in [1.807, 2.05) is 12.1 Å². The summed E-state index contributed by atoms with van der Waals surface area (Å²) in [5, 5.41) is 3.55. The number of nitrogens with one attached hydrogen (secondary N) is 1. The van der Waals surface area contributed by atoms with Gasteiger partial charge in [0.15, 0.2) is 0 Å². The third-order valence-corrected chi connectivity index (χ3v) is 3.01. The highest BCUT2D eigenvalue weighted by Gasteiger charge is 2.11. The lowest BCUT2D eigenvalue weighted by Crippen LogP contribution is -2.36. The summed E-state index contributed by atoms with van der Waals surface area (Å²) in [6, 6.07) is 8.55. The van der Waals surface area contributed by atoms with E-state index in [1.54, 1.807) is 7.11 Å². The van der Waals surface area contributed by atoms with Crippen LogP contribution in [0, 0.1) is 0 Å². The fraction of sp³-hybridized carbons (Fsp3) is 0.625. The highest BCUT2D eigenvalue weighted by molar-refractivity contribution is 5.33. The molecule has 0 saturated carbocycles. The molecule has 1 atom stereocenters. The van der Waals surface area contributed by atoms with E-state index in [2.05, 4.69) is 31.3 Å². The molecule has 3 nitrogen and oxygen atoms in total. The minimum atomic E-state index is 0.350. The lowest BCUT2D eigenvalue weighted by molar-refractivity contribution is 0.111. The number of ether oxygens (including phenoxy) is 2. The normalized spacial score (nSPS) is 12.4. The molecule has 0 spiro atoms. The van der Waals surface area contributed by atoms with Crippen LogP contribution >= 0.6 is 0 Å². The molecule has 1 N–H and O–H groups in total. The molecule has 108 valence electrons. The second-order valence-corrected chi connectivity index (χ2v) is 4.74. The second kappa shape index (κ2) is 9.82. The van der Waals surface area contributed by atoms with Gasteiger partial charge in [0, 0.05) is 12.6 Å². The Hall–Kier alpha value is -1.06. The average molecular weight is 265 g/mol. The number of hydrogen-bond donors (Lipinski definition) is 1. The van der Waals surface area contributed by atoms with Crippen LogP contribution in [0.1, 0.15) is 32.3 Å². The molecule has 1 rings (SSSR count). The van der Waals surface area contributed by atoms with Crippen molar-refractivity contribution < 1.29 is 9.47 Å². The Balaban J connectivity index is 2.58. The molecule has 0 aliphatic heterocycles. The molecule has 0 aromatic heterocycles. The van der Waals surface area contributed by atoms with Crippen molar-refractivity contribution in [1.29, 1.82) is 0 Å². The van der Waals surface area contributed by atoms with E-state index in [0.29, 0.717) is 6.04 Å². The van der Waals surface area contributed by atoms with Crippen molar-refractivity contribution in [3.63, 3.8) is 0 Å². The first-order valence-corrected chi connectivity index (χ1v) is 7.24. The molecule has 0 radical (unpaired) electrons. The lowest BCUT2D eigenvalue weighted by atomic mass is 10.1. The molecule has 0 aliphatic carbocycles. The Morgan fingerprint density at radius 2 is 1.95 bits per heavy atom. The zero-order valence-corrected chi connectivity index (χ0v) is 12.4. The predicted molar refractivity (Wildman–Crippen MR) is 79.9 cm³/mol. The maximum absolute atomic E-state index is 5.68. The van der Waals surface area contributed by atoms with Crippen LogP contribution in [0.25, 0.3) is 0 Å². The SMILES string of the molecule is CCCNC(COCCC)Cc1ccccc1OC. The predicted octanol–water partition coefficient (Wildman–Crippen LogP) is 3.03. The molecule has 0 amide bonds. The molecule has 1 aromatic rings. The molecule has 19 heavy (non-hydrogen) atoms. The Kier molecular flexibility index (Phi) is 8.26. The highest BCUT2D eigenvalue weighted by atomic mass is 16.5. The first-order valence-electron chi connectivity index (χ1n) is 7.24. The molecule has 3 heteroatoms. The van der Waals surface area contributed by atoms with E-state index in [-0.39, 0.29) is 0 Å². The van der Waals surface area contributed by atoms with Crippen molar-refractivity contribution in [1.82, 2.24) is 5.32 Å². The van der Waals surface area contributed by atoms with Gasteiger partial charge in [-0.1, -0.05) is 32.0 Å². The molecular weight excluding hydrogens is 238 g/mol. The summed E-state index contributed by atoms with van der Waals surface area (Å²) < 4.78 is 11.1. The second-order valence-electron chi connectivity index (χ2n) is 4.74. The van der Waals surface area contributed by atoms with Crippen molar-refractivity contribution in [2.75, 3.05) is 26.9 Å². The molecule has 0 aliphatic rings. The molecule has 1 aromatic carbocycles. The lowest BCUT2D eigenvalue weighted by Gasteiger charge is -2.20. The third-order valence-electron chi connectivity index (χ3n) is 3.01. The summed E-state index contributed by atoms with van der Waals surface area (Å²) in [6.45, 7) is 6.92. The van der Waals surface area contributed by atoms with Crippen molar-refractivity contribution in [2.45, 2.75) is 39.2 Å². The zero-order chi connectivity index (χ0) is 13.9. The Labute approximate surface area is 117 Å². The Morgan fingerprint density at radius 3 is 2.63 bits per heavy atom. The van der Waals surface area contributed by atoms with Gasteiger partial charge >= 0.3 is 0 Å². The van der Waals surface area contributed by atoms with Gasteiger partial charge < -0.3 is 14.8 Å². The van der Waals surface area contributed by atoms with E-state index in [1.165, 1.54) is 5.56 Å². The van der Waals surface area contributed by atoms with Crippen molar-refractivity contribution in [2.24, 2.45) is 0 Å². The van der Waals surface area contributed by atoms with Crippen molar-refractivity contribution in [3.8, 4) is 5.75 Å². The summed E-state index contributed by atoms with van der Waals surface area (Å²) in [5.41, 5.74) is 1.23. The minimum absolute atomic E-state index is 0.350. The molecule has 0 saturated heterocycles. The number of rotatable bonds is 10. The van der Waals surface area contributed by atoms with Crippen LogP contribution < -0.4 is 10.1 Å². The van der Waals surface area contributed by atoms with Crippen LogP contribution in [-0.2, 0) is 11.2 Å². The van der Waals surface area contributed by atoms with Gasteiger partial charge in [-0.2, -0.15) is 0 Å². The van der Waals surface area contributed by atoms with E-state index < -0.39 is 0 Å². The van der Waals surface area contributed by atoms with E-state index >= 15 is 0 Å². The first kappa shape index (κ1) is 16.0.